The average Bonchev–Trinajstić information content (AvgIpc) is 3.38. The fourth-order valence-electron chi connectivity index (χ4n) is 4.54. The van der Waals surface area contributed by atoms with Gasteiger partial charge in [0.25, 0.3) is 5.91 Å². The van der Waals surface area contributed by atoms with Crippen LogP contribution in [0.25, 0.3) is 11.3 Å². The van der Waals surface area contributed by atoms with Crippen LogP contribution in [-0.4, -0.2) is 71.8 Å². The van der Waals surface area contributed by atoms with Crippen LogP contribution in [0.4, 0.5) is 10.3 Å². The third-order valence-corrected chi connectivity index (χ3v) is 6.90. The summed E-state index contributed by atoms with van der Waals surface area (Å²) in [5.74, 6) is -0.148. The number of hydrogen-bond acceptors (Lipinski definition) is 8. The number of aromatic nitrogens is 2. The number of ether oxygens (including phenoxy) is 2. The lowest BCUT2D eigenvalue weighted by Gasteiger charge is -2.23. The monoisotopic (exact) mass is 631 g/mol. The van der Waals surface area contributed by atoms with E-state index in [9.17, 15) is 14.0 Å². The molecule has 3 heterocycles. The molecule has 5 rings (SSSR count). The Morgan fingerprint density at radius 1 is 1.14 bits per heavy atom. The minimum atomic E-state index is -0.446. The quantitative estimate of drug-likeness (QED) is 0.299. The topological polar surface area (TPSA) is 126 Å². The van der Waals surface area contributed by atoms with E-state index in [4.69, 9.17) is 26.2 Å². The van der Waals surface area contributed by atoms with E-state index in [1.807, 2.05) is 39.8 Å². The number of nitrogens with one attached hydrogen (secondary N) is 2. The van der Waals surface area contributed by atoms with Crippen molar-refractivity contribution in [3.8, 4) is 17.0 Å². The van der Waals surface area contributed by atoms with Crippen molar-refractivity contribution in [3.63, 3.8) is 0 Å². The molecular formula is C32H43ClFN5O5. The van der Waals surface area contributed by atoms with Crippen LogP contribution in [0.15, 0.2) is 42.6 Å². The zero-order valence-electron chi connectivity index (χ0n) is 26.2. The van der Waals surface area contributed by atoms with E-state index in [1.54, 1.807) is 12.3 Å². The summed E-state index contributed by atoms with van der Waals surface area (Å²) in [6.45, 7) is 9.51. The summed E-state index contributed by atoms with van der Waals surface area (Å²) in [6, 6.07) is 9.98. The predicted octanol–water partition coefficient (Wildman–Crippen LogP) is 5.47. The molecule has 0 aliphatic carbocycles. The Kier molecular flexibility index (Phi) is 15.5. The van der Waals surface area contributed by atoms with E-state index in [0.717, 1.165) is 25.5 Å². The average molecular weight is 632 g/mol. The molecule has 2 amide bonds. The summed E-state index contributed by atoms with van der Waals surface area (Å²) in [5, 5.41) is 13.4. The lowest BCUT2D eigenvalue weighted by molar-refractivity contribution is -0.122. The lowest BCUT2D eigenvalue weighted by Crippen LogP contribution is -2.37. The molecule has 240 valence electrons. The van der Waals surface area contributed by atoms with E-state index in [-0.39, 0.29) is 25.0 Å². The lowest BCUT2D eigenvalue weighted by atomic mass is 10.0. The molecule has 44 heavy (non-hydrogen) atoms. The first-order valence-electron chi connectivity index (χ1n) is 14.7. The van der Waals surface area contributed by atoms with Gasteiger partial charge in [0.1, 0.15) is 18.1 Å². The second-order valence-corrected chi connectivity index (χ2v) is 9.60. The number of carbonyl (C=O) groups excluding carboxylic acids is 2. The Balaban J connectivity index is 0.00000106. The molecule has 2 aliphatic rings. The number of amides is 2. The van der Waals surface area contributed by atoms with Crippen LogP contribution in [0.3, 0.4) is 0 Å². The van der Waals surface area contributed by atoms with Gasteiger partial charge in [-0.15, -0.1) is 0 Å². The number of carbonyl (C=O) groups is 2. The largest absolute Gasteiger partial charge is 0.497 e. The van der Waals surface area contributed by atoms with E-state index in [2.05, 4.69) is 20.6 Å². The Morgan fingerprint density at radius 3 is 2.52 bits per heavy atom. The summed E-state index contributed by atoms with van der Waals surface area (Å²) >= 11 is 6.42. The van der Waals surface area contributed by atoms with Crippen molar-refractivity contribution in [2.45, 2.75) is 59.7 Å². The summed E-state index contributed by atoms with van der Waals surface area (Å²) in [7, 11) is 2.49. The van der Waals surface area contributed by atoms with Gasteiger partial charge in [0.15, 0.2) is 0 Å². The number of hydrogen-bond donors (Lipinski definition) is 3. The molecule has 0 radical (unpaired) electrons. The number of aliphatic hydroxyl groups excluding tert-OH is 1. The van der Waals surface area contributed by atoms with Gasteiger partial charge in [0.05, 0.1) is 24.0 Å². The second-order valence-electron chi connectivity index (χ2n) is 9.19. The maximum absolute atomic E-state index is 14.1. The Hall–Kier alpha value is -3.80. The van der Waals surface area contributed by atoms with Crippen LogP contribution in [0.5, 0.6) is 5.75 Å². The molecule has 0 saturated carbocycles. The van der Waals surface area contributed by atoms with Gasteiger partial charge in [-0.2, -0.15) is 0 Å². The molecule has 0 bridgehead atoms. The van der Waals surface area contributed by atoms with Crippen LogP contribution in [0, 0.1) is 5.82 Å². The number of methoxy groups -OCH3 is 1. The normalized spacial score (nSPS) is 13.7. The summed E-state index contributed by atoms with van der Waals surface area (Å²) in [5.41, 5.74) is 2.78. The van der Waals surface area contributed by atoms with Gasteiger partial charge in [-0.1, -0.05) is 51.4 Å². The van der Waals surface area contributed by atoms with Crippen LogP contribution in [0.2, 0.25) is 5.02 Å². The number of rotatable bonds is 8. The number of benzene rings is 2. The van der Waals surface area contributed by atoms with E-state index >= 15 is 0 Å². The van der Waals surface area contributed by atoms with Gasteiger partial charge in [-0.05, 0) is 42.7 Å². The van der Waals surface area contributed by atoms with Crippen molar-refractivity contribution in [1.29, 1.82) is 0 Å². The Morgan fingerprint density at radius 2 is 1.84 bits per heavy atom. The molecule has 0 atom stereocenters. The highest BCUT2D eigenvalue weighted by Gasteiger charge is 2.29. The number of fused-ring (bicyclic) bond motifs is 1. The SMILES string of the molecule is CC.CC.CO.COc1ccc(F)c(CNC(=O)CN2Cc3ccc(-c4nc(NC5CCOCC5)ncc4Cl)cc3C2=O)c1. The van der Waals surface area contributed by atoms with Crippen molar-refractivity contribution in [3.05, 3.63) is 70.1 Å². The predicted molar refractivity (Wildman–Crippen MR) is 170 cm³/mol. The molecule has 1 aromatic heterocycles. The number of halogens is 2. The van der Waals surface area contributed by atoms with Gasteiger partial charge in [-0.3, -0.25) is 9.59 Å². The van der Waals surface area contributed by atoms with Crippen molar-refractivity contribution >= 4 is 29.4 Å². The molecule has 12 heteroatoms. The minimum absolute atomic E-state index is 0.0164. The van der Waals surface area contributed by atoms with Gasteiger partial charge in [0, 0.05) is 56.1 Å². The highest BCUT2D eigenvalue weighted by Crippen LogP contribution is 2.31. The maximum atomic E-state index is 14.1. The van der Waals surface area contributed by atoms with Gasteiger partial charge in [-0.25, -0.2) is 14.4 Å². The molecule has 10 nitrogen and oxygen atoms in total. The molecule has 3 N–H and O–H groups in total. The van der Waals surface area contributed by atoms with Crippen LogP contribution >= 0.6 is 11.6 Å². The van der Waals surface area contributed by atoms with Gasteiger partial charge in [0.2, 0.25) is 11.9 Å². The standard InChI is InChI=1S/C27H27ClFN5O4.2C2H6.CH4O/c1-37-20-4-5-23(29)18(10-20)12-30-24(35)15-34-14-17-3-2-16(11-21(17)26(34)36)25-22(28)13-31-27(33-25)32-19-6-8-38-9-7-19;3*1-2/h2-5,10-11,13,19H,6-9,12,14-15H2,1H3,(H,30,35)(H,31,32,33);2*1-2H3;2H,1H3. The smallest absolute Gasteiger partial charge is 0.254 e. The zero-order valence-corrected chi connectivity index (χ0v) is 27.0. The van der Waals surface area contributed by atoms with Crippen molar-refractivity contribution < 1.29 is 28.6 Å². The Labute approximate surface area is 264 Å². The molecule has 1 fully saturated rings. The zero-order chi connectivity index (χ0) is 32.6. The molecule has 0 unspecified atom stereocenters. The Bertz CT molecular complexity index is 1370. The first-order chi connectivity index (χ1) is 21.4. The van der Waals surface area contributed by atoms with Crippen LogP contribution < -0.4 is 15.4 Å². The second kappa shape index (κ2) is 18.8. The maximum Gasteiger partial charge on any atom is 0.254 e. The molecular weight excluding hydrogens is 589 g/mol. The molecule has 1 saturated heterocycles. The summed E-state index contributed by atoms with van der Waals surface area (Å²) in [4.78, 5) is 36.0. The number of nitrogens with zero attached hydrogens (tertiary/aromatic N) is 3. The molecule has 2 aliphatic heterocycles. The first kappa shape index (κ1) is 36.4. The summed E-state index contributed by atoms with van der Waals surface area (Å²) in [6.07, 6.45) is 3.28. The van der Waals surface area contributed by atoms with Crippen LogP contribution in [0.1, 0.15) is 62.0 Å². The highest BCUT2D eigenvalue weighted by molar-refractivity contribution is 6.33. The van der Waals surface area contributed by atoms with Crippen LogP contribution in [-0.2, 0) is 22.6 Å². The van der Waals surface area contributed by atoms with E-state index in [1.165, 1.54) is 30.2 Å². The third-order valence-electron chi connectivity index (χ3n) is 6.62. The first-order valence-corrected chi connectivity index (χ1v) is 15.1. The van der Waals surface area contributed by atoms with Crippen molar-refractivity contribution in [1.82, 2.24) is 20.2 Å². The minimum Gasteiger partial charge on any atom is -0.497 e. The van der Waals surface area contributed by atoms with E-state index in [0.29, 0.717) is 58.9 Å². The van der Waals surface area contributed by atoms with E-state index < -0.39 is 11.7 Å². The fraction of sp³-hybridized carbons (Fsp3) is 0.438. The molecule has 3 aromatic rings. The van der Waals surface area contributed by atoms with Crippen molar-refractivity contribution in [2.75, 3.05) is 39.3 Å². The van der Waals surface area contributed by atoms with Gasteiger partial charge < -0.3 is 30.1 Å². The molecule has 2 aromatic carbocycles. The highest BCUT2D eigenvalue weighted by atomic mass is 35.5. The third kappa shape index (κ3) is 9.60. The number of anilines is 1. The summed E-state index contributed by atoms with van der Waals surface area (Å²) < 4.78 is 24.6. The van der Waals surface area contributed by atoms with Crippen molar-refractivity contribution in [2.24, 2.45) is 0 Å². The molecule has 0 spiro atoms. The van der Waals surface area contributed by atoms with Gasteiger partial charge >= 0.3 is 0 Å². The fourth-order valence-corrected chi connectivity index (χ4v) is 4.74. The number of aliphatic hydroxyl groups is 1.